The molecular formula is C12H24N2O. The smallest absolute Gasteiger partial charge is 0.222 e. The van der Waals surface area contributed by atoms with Gasteiger partial charge >= 0.3 is 0 Å². The van der Waals surface area contributed by atoms with E-state index in [1.165, 1.54) is 0 Å². The Kier molecular flexibility index (Phi) is 4.58. The van der Waals surface area contributed by atoms with Crippen molar-refractivity contribution in [1.82, 2.24) is 4.90 Å². The average Bonchev–Trinajstić information content (AvgIpc) is 2.20. The molecule has 2 N–H and O–H groups in total. The van der Waals surface area contributed by atoms with Crippen LogP contribution in [0.5, 0.6) is 0 Å². The molecule has 1 saturated carbocycles. The van der Waals surface area contributed by atoms with Gasteiger partial charge in [-0.3, -0.25) is 4.79 Å². The fourth-order valence-corrected chi connectivity index (χ4v) is 2.07. The Morgan fingerprint density at radius 3 is 2.33 bits per heavy atom. The van der Waals surface area contributed by atoms with Crippen LogP contribution in [0.15, 0.2) is 0 Å². The Bertz CT molecular complexity index is 208. The molecule has 0 unspecified atom stereocenters. The van der Waals surface area contributed by atoms with Crippen LogP contribution >= 0.6 is 0 Å². The summed E-state index contributed by atoms with van der Waals surface area (Å²) in [5, 5.41) is 0. The van der Waals surface area contributed by atoms with Gasteiger partial charge in [0, 0.05) is 25.6 Å². The van der Waals surface area contributed by atoms with Gasteiger partial charge in [0.15, 0.2) is 0 Å². The quantitative estimate of drug-likeness (QED) is 0.775. The topological polar surface area (TPSA) is 46.3 Å². The first-order chi connectivity index (χ1) is 7.00. The van der Waals surface area contributed by atoms with E-state index in [9.17, 15) is 4.79 Å². The third kappa shape index (κ3) is 3.82. The maximum Gasteiger partial charge on any atom is 0.222 e. The summed E-state index contributed by atoms with van der Waals surface area (Å²) in [6.07, 6.45) is 5.13. The summed E-state index contributed by atoms with van der Waals surface area (Å²) in [5.41, 5.74) is 5.84. The summed E-state index contributed by atoms with van der Waals surface area (Å²) in [6, 6.07) is 0.683. The van der Waals surface area contributed by atoms with Crippen LogP contribution in [0.25, 0.3) is 0 Å². The highest BCUT2D eigenvalue weighted by Gasteiger charge is 2.22. The van der Waals surface area contributed by atoms with Crippen LogP contribution in [0.4, 0.5) is 0 Å². The number of nitrogens with zero attached hydrogens (tertiary/aromatic N) is 1. The average molecular weight is 212 g/mol. The largest absolute Gasteiger partial charge is 0.343 e. The summed E-state index contributed by atoms with van der Waals surface area (Å²) in [4.78, 5) is 13.7. The van der Waals surface area contributed by atoms with Crippen LogP contribution in [0.3, 0.4) is 0 Å². The van der Waals surface area contributed by atoms with E-state index in [1.54, 1.807) is 0 Å². The van der Waals surface area contributed by atoms with Gasteiger partial charge in [-0.1, -0.05) is 0 Å². The minimum atomic E-state index is 0.283. The van der Waals surface area contributed by atoms with Gasteiger partial charge in [-0.25, -0.2) is 0 Å². The molecule has 0 heterocycles. The molecule has 1 rings (SSSR count). The second kappa shape index (κ2) is 5.50. The highest BCUT2D eigenvalue weighted by molar-refractivity contribution is 5.76. The molecule has 1 aliphatic carbocycles. The van der Waals surface area contributed by atoms with Gasteiger partial charge in [0.05, 0.1) is 0 Å². The maximum atomic E-state index is 11.8. The molecule has 0 spiro atoms. The summed E-state index contributed by atoms with van der Waals surface area (Å²) in [6.45, 7) is 4.10. The number of carbonyl (C=O) groups excluding carboxylic acids is 1. The first kappa shape index (κ1) is 12.5. The van der Waals surface area contributed by atoms with Crippen molar-refractivity contribution in [2.75, 3.05) is 7.05 Å². The predicted molar refractivity (Wildman–Crippen MR) is 62.5 cm³/mol. The highest BCUT2D eigenvalue weighted by atomic mass is 16.2. The van der Waals surface area contributed by atoms with Crippen LogP contribution in [0.1, 0.15) is 46.0 Å². The second-order valence-corrected chi connectivity index (χ2v) is 5.08. The molecule has 0 aromatic heterocycles. The van der Waals surface area contributed by atoms with Crippen LogP contribution < -0.4 is 5.73 Å². The Labute approximate surface area is 93.0 Å². The Hall–Kier alpha value is -0.570. The van der Waals surface area contributed by atoms with E-state index >= 15 is 0 Å². The molecule has 0 atom stereocenters. The minimum absolute atomic E-state index is 0.283. The molecule has 1 amide bonds. The Balaban J connectivity index is 2.32. The van der Waals surface area contributed by atoms with Crippen molar-refractivity contribution in [3.63, 3.8) is 0 Å². The summed E-state index contributed by atoms with van der Waals surface area (Å²) < 4.78 is 0. The summed E-state index contributed by atoms with van der Waals surface area (Å²) >= 11 is 0. The summed E-state index contributed by atoms with van der Waals surface area (Å²) in [5.74, 6) is 0.851. The van der Waals surface area contributed by atoms with Crippen LogP contribution in [0, 0.1) is 5.92 Å². The van der Waals surface area contributed by atoms with E-state index in [1.807, 2.05) is 11.9 Å². The van der Waals surface area contributed by atoms with Gasteiger partial charge in [-0.2, -0.15) is 0 Å². The summed E-state index contributed by atoms with van der Waals surface area (Å²) in [7, 11) is 1.89. The van der Waals surface area contributed by atoms with Crippen LogP contribution in [-0.4, -0.2) is 29.9 Å². The number of carbonyl (C=O) groups is 1. The molecule has 3 nitrogen and oxygen atoms in total. The molecule has 0 aromatic rings. The number of hydrogen-bond donors (Lipinski definition) is 1. The second-order valence-electron chi connectivity index (χ2n) is 5.08. The van der Waals surface area contributed by atoms with Crippen molar-refractivity contribution in [2.45, 2.75) is 58.0 Å². The molecule has 3 heteroatoms. The normalized spacial score (nSPS) is 26.7. The molecule has 0 aromatic carbocycles. The van der Waals surface area contributed by atoms with Gasteiger partial charge in [0.25, 0.3) is 0 Å². The van der Waals surface area contributed by atoms with Gasteiger partial charge in [0.1, 0.15) is 0 Å². The van der Waals surface area contributed by atoms with E-state index in [0.29, 0.717) is 24.4 Å². The lowest BCUT2D eigenvalue weighted by molar-refractivity contribution is -0.132. The highest BCUT2D eigenvalue weighted by Crippen LogP contribution is 2.26. The van der Waals surface area contributed by atoms with Crippen molar-refractivity contribution in [2.24, 2.45) is 11.7 Å². The first-order valence-electron chi connectivity index (χ1n) is 6.02. The maximum absolute atomic E-state index is 11.8. The fourth-order valence-electron chi connectivity index (χ4n) is 2.07. The van der Waals surface area contributed by atoms with Gasteiger partial charge in [-0.05, 0) is 45.4 Å². The van der Waals surface area contributed by atoms with Gasteiger partial charge < -0.3 is 10.6 Å². The van der Waals surface area contributed by atoms with Crippen LogP contribution in [0.2, 0.25) is 0 Å². The predicted octanol–water partition coefficient (Wildman–Crippen LogP) is 1.76. The molecule has 88 valence electrons. The molecular weight excluding hydrogens is 188 g/mol. The van der Waals surface area contributed by atoms with Gasteiger partial charge in [-0.15, -0.1) is 0 Å². The fraction of sp³-hybridized carbons (Fsp3) is 0.917. The number of rotatable bonds is 3. The van der Waals surface area contributed by atoms with E-state index in [4.69, 9.17) is 5.73 Å². The van der Waals surface area contributed by atoms with E-state index < -0.39 is 0 Å². The molecule has 0 aliphatic heterocycles. The number of nitrogens with two attached hydrogens (primary N) is 1. The molecule has 1 aliphatic rings. The first-order valence-corrected chi connectivity index (χ1v) is 6.02. The third-order valence-corrected chi connectivity index (χ3v) is 3.52. The molecule has 0 radical (unpaired) electrons. The zero-order valence-electron chi connectivity index (χ0n) is 10.2. The van der Waals surface area contributed by atoms with Gasteiger partial charge in [0.2, 0.25) is 5.91 Å². The minimum Gasteiger partial charge on any atom is -0.343 e. The lowest BCUT2D eigenvalue weighted by Gasteiger charge is -2.28. The SMILES string of the molecule is CC(C)N(C)C(=O)CC1CCC(N)CC1. The zero-order chi connectivity index (χ0) is 11.4. The molecule has 0 bridgehead atoms. The van der Waals surface area contributed by atoms with E-state index in [-0.39, 0.29) is 5.91 Å². The Morgan fingerprint density at radius 1 is 1.33 bits per heavy atom. The van der Waals surface area contributed by atoms with Crippen LogP contribution in [-0.2, 0) is 4.79 Å². The van der Waals surface area contributed by atoms with Crippen molar-refractivity contribution in [3.8, 4) is 0 Å². The lowest BCUT2D eigenvalue weighted by atomic mass is 9.84. The zero-order valence-corrected chi connectivity index (χ0v) is 10.2. The lowest BCUT2D eigenvalue weighted by Crippen LogP contribution is -2.35. The van der Waals surface area contributed by atoms with E-state index in [0.717, 1.165) is 25.7 Å². The van der Waals surface area contributed by atoms with Crippen molar-refractivity contribution in [1.29, 1.82) is 0 Å². The number of amides is 1. The molecule has 1 fully saturated rings. The Morgan fingerprint density at radius 2 is 1.87 bits per heavy atom. The van der Waals surface area contributed by atoms with Crippen molar-refractivity contribution < 1.29 is 4.79 Å². The number of hydrogen-bond acceptors (Lipinski definition) is 2. The monoisotopic (exact) mass is 212 g/mol. The molecule has 0 saturated heterocycles. The van der Waals surface area contributed by atoms with E-state index in [2.05, 4.69) is 13.8 Å². The van der Waals surface area contributed by atoms with Crippen molar-refractivity contribution >= 4 is 5.91 Å². The van der Waals surface area contributed by atoms with Crippen molar-refractivity contribution in [3.05, 3.63) is 0 Å². The third-order valence-electron chi connectivity index (χ3n) is 3.52. The molecule has 15 heavy (non-hydrogen) atoms. The standard InChI is InChI=1S/C12H24N2O/c1-9(2)14(3)12(15)8-10-4-6-11(13)7-5-10/h9-11H,4-8,13H2,1-3H3.